The number of aromatic nitrogens is 2. The summed E-state index contributed by atoms with van der Waals surface area (Å²) in [6.07, 6.45) is 0.711. The van der Waals surface area contributed by atoms with Crippen LogP contribution in [0.5, 0.6) is 0 Å². The first-order valence-electron chi connectivity index (χ1n) is 7.36. The quantitative estimate of drug-likeness (QED) is 0.797. The molecule has 0 spiro atoms. The molecule has 2 aromatic heterocycles. The van der Waals surface area contributed by atoms with E-state index in [1.54, 1.807) is 0 Å². The van der Waals surface area contributed by atoms with Gasteiger partial charge in [-0.05, 0) is 39.0 Å². The summed E-state index contributed by atoms with van der Waals surface area (Å²) in [7, 11) is 0. The molecular formula is C17H21N3O. The molecule has 0 saturated carbocycles. The van der Waals surface area contributed by atoms with Gasteiger partial charge in [-0.2, -0.15) is 0 Å². The van der Waals surface area contributed by atoms with Crippen molar-refractivity contribution < 1.29 is 4.42 Å². The van der Waals surface area contributed by atoms with Crippen molar-refractivity contribution in [2.24, 2.45) is 5.73 Å². The van der Waals surface area contributed by atoms with Gasteiger partial charge < -0.3 is 14.7 Å². The van der Waals surface area contributed by atoms with Gasteiger partial charge in [-0.3, -0.25) is 0 Å². The molecule has 0 amide bonds. The molecule has 0 aliphatic rings. The lowest BCUT2D eigenvalue weighted by Crippen LogP contribution is -2.16. The minimum atomic E-state index is -0.0930. The van der Waals surface area contributed by atoms with Crippen LogP contribution in [-0.4, -0.2) is 9.55 Å². The lowest BCUT2D eigenvalue weighted by atomic mass is 10.1. The molecule has 0 saturated heterocycles. The number of aryl methyl sites for hydroxylation is 3. The van der Waals surface area contributed by atoms with E-state index in [0.717, 1.165) is 35.0 Å². The fourth-order valence-corrected chi connectivity index (χ4v) is 2.96. The van der Waals surface area contributed by atoms with Gasteiger partial charge >= 0.3 is 0 Å². The molecule has 2 N–H and O–H groups in total. The van der Waals surface area contributed by atoms with E-state index in [-0.39, 0.29) is 6.04 Å². The lowest BCUT2D eigenvalue weighted by molar-refractivity contribution is 0.496. The number of hydrogen-bond donors (Lipinski definition) is 1. The number of para-hydroxylation sites is 2. The molecule has 110 valence electrons. The zero-order valence-corrected chi connectivity index (χ0v) is 12.8. The van der Waals surface area contributed by atoms with Gasteiger partial charge in [0.15, 0.2) is 0 Å². The number of fused-ring (bicyclic) bond motifs is 1. The van der Waals surface area contributed by atoms with Crippen molar-refractivity contribution in [1.29, 1.82) is 0 Å². The molecular weight excluding hydrogens is 262 g/mol. The van der Waals surface area contributed by atoms with Crippen LogP contribution >= 0.6 is 0 Å². The van der Waals surface area contributed by atoms with Crippen LogP contribution in [-0.2, 0) is 13.0 Å². The van der Waals surface area contributed by atoms with Crippen LogP contribution in [0.2, 0.25) is 0 Å². The third-order valence-corrected chi connectivity index (χ3v) is 3.93. The fourth-order valence-electron chi connectivity index (χ4n) is 2.96. The smallest absolute Gasteiger partial charge is 0.111 e. The predicted octanol–water partition coefficient (Wildman–Crippen LogP) is 3.51. The van der Waals surface area contributed by atoms with Crippen molar-refractivity contribution in [3.63, 3.8) is 0 Å². The molecule has 3 aromatic rings. The van der Waals surface area contributed by atoms with Crippen molar-refractivity contribution in [3.8, 4) is 0 Å². The Hall–Kier alpha value is -2.07. The van der Waals surface area contributed by atoms with E-state index in [9.17, 15) is 0 Å². The molecule has 4 heteroatoms. The first-order valence-corrected chi connectivity index (χ1v) is 7.36. The maximum absolute atomic E-state index is 6.37. The second-order valence-electron chi connectivity index (χ2n) is 5.44. The largest absolute Gasteiger partial charge is 0.466 e. The first kappa shape index (κ1) is 13.9. The van der Waals surface area contributed by atoms with Crippen LogP contribution in [0.3, 0.4) is 0 Å². The first-order chi connectivity index (χ1) is 10.1. The van der Waals surface area contributed by atoms with Crippen molar-refractivity contribution in [3.05, 3.63) is 53.2 Å². The normalized spacial score (nSPS) is 13.0. The number of nitrogens with zero attached hydrogens (tertiary/aromatic N) is 2. The van der Waals surface area contributed by atoms with E-state index >= 15 is 0 Å². The van der Waals surface area contributed by atoms with E-state index in [4.69, 9.17) is 15.1 Å². The van der Waals surface area contributed by atoms with Crippen LogP contribution < -0.4 is 5.73 Å². The minimum Gasteiger partial charge on any atom is -0.466 e. The van der Waals surface area contributed by atoms with Gasteiger partial charge in [-0.15, -0.1) is 0 Å². The van der Waals surface area contributed by atoms with Gasteiger partial charge in [0.25, 0.3) is 0 Å². The SMILES string of the molecule is CCn1c(CC(N)c2cc(C)oc2C)nc2ccccc21. The minimum absolute atomic E-state index is 0.0930. The van der Waals surface area contributed by atoms with Crippen molar-refractivity contribution in [1.82, 2.24) is 9.55 Å². The van der Waals surface area contributed by atoms with Gasteiger partial charge in [0.2, 0.25) is 0 Å². The lowest BCUT2D eigenvalue weighted by Gasteiger charge is -2.12. The highest BCUT2D eigenvalue weighted by atomic mass is 16.3. The topological polar surface area (TPSA) is 57.0 Å². The van der Waals surface area contributed by atoms with Gasteiger partial charge in [0, 0.05) is 24.6 Å². The second kappa shape index (κ2) is 5.37. The monoisotopic (exact) mass is 283 g/mol. The zero-order valence-electron chi connectivity index (χ0n) is 12.8. The molecule has 0 aliphatic carbocycles. The van der Waals surface area contributed by atoms with Gasteiger partial charge in [-0.1, -0.05) is 12.1 Å². The average Bonchev–Trinajstić information content (AvgIpc) is 2.97. The van der Waals surface area contributed by atoms with E-state index in [1.165, 1.54) is 5.52 Å². The molecule has 0 fully saturated rings. The summed E-state index contributed by atoms with van der Waals surface area (Å²) in [4.78, 5) is 4.74. The van der Waals surface area contributed by atoms with Crippen LogP contribution in [0.4, 0.5) is 0 Å². The van der Waals surface area contributed by atoms with Gasteiger partial charge in [-0.25, -0.2) is 4.98 Å². The Balaban J connectivity index is 1.96. The van der Waals surface area contributed by atoms with E-state index in [0.29, 0.717) is 6.42 Å². The maximum Gasteiger partial charge on any atom is 0.111 e. The molecule has 3 rings (SSSR count). The molecule has 1 aromatic carbocycles. The number of furan rings is 1. The molecule has 0 bridgehead atoms. The highest BCUT2D eigenvalue weighted by Crippen LogP contribution is 2.24. The van der Waals surface area contributed by atoms with E-state index in [1.807, 2.05) is 38.1 Å². The van der Waals surface area contributed by atoms with Crippen LogP contribution in [0.25, 0.3) is 11.0 Å². The maximum atomic E-state index is 6.37. The summed E-state index contributed by atoms with van der Waals surface area (Å²) < 4.78 is 7.82. The number of nitrogens with two attached hydrogens (primary N) is 1. The van der Waals surface area contributed by atoms with Crippen LogP contribution in [0.1, 0.15) is 35.9 Å². The number of benzene rings is 1. The Morgan fingerprint density at radius 2 is 2.05 bits per heavy atom. The molecule has 2 heterocycles. The van der Waals surface area contributed by atoms with Crippen molar-refractivity contribution in [2.75, 3.05) is 0 Å². The zero-order chi connectivity index (χ0) is 15.0. The highest BCUT2D eigenvalue weighted by molar-refractivity contribution is 5.75. The average molecular weight is 283 g/mol. The van der Waals surface area contributed by atoms with E-state index < -0.39 is 0 Å². The highest BCUT2D eigenvalue weighted by Gasteiger charge is 2.17. The third-order valence-electron chi connectivity index (χ3n) is 3.93. The Labute approximate surface area is 124 Å². The van der Waals surface area contributed by atoms with Crippen LogP contribution in [0, 0.1) is 13.8 Å². The summed E-state index contributed by atoms with van der Waals surface area (Å²) in [5.74, 6) is 2.84. The summed E-state index contributed by atoms with van der Waals surface area (Å²) in [6.45, 7) is 6.94. The Morgan fingerprint density at radius 3 is 2.71 bits per heavy atom. The van der Waals surface area contributed by atoms with Crippen molar-refractivity contribution >= 4 is 11.0 Å². The Morgan fingerprint density at radius 1 is 1.29 bits per heavy atom. The summed E-state index contributed by atoms with van der Waals surface area (Å²) in [5.41, 5.74) is 9.64. The number of rotatable bonds is 4. The molecule has 0 radical (unpaired) electrons. The third kappa shape index (κ3) is 2.47. The summed E-state index contributed by atoms with van der Waals surface area (Å²) in [5, 5.41) is 0. The molecule has 1 unspecified atom stereocenters. The second-order valence-corrected chi connectivity index (χ2v) is 5.44. The number of imidazole rings is 1. The molecule has 21 heavy (non-hydrogen) atoms. The van der Waals surface area contributed by atoms with Gasteiger partial charge in [0.1, 0.15) is 17.3 Å². The Kier molecular flexibility index (Phi) is 3.55. The molecule has 4 nitrogen and oxygen atoms in total. The van der Waals surface area contributed by atoms with Crippen LogP contribution in [0.15, 0.2) is 34.7 Å². The summed E-state index contributed by atoms with van der Waals surface area (Å²) >= 11 is 0. The molecule has 0 aliphatic heterocycles. The fraction of sp³-hybridized carbons (Fsp3) is 0.353. The van der Waals surface area contributed by atoms with Crippen molar-refractivity contribution in [2.45, 2.75) is 39.8 Å². The van der Waals surface area contributed by atoms with E-state index in [2.05, 4.69) is 17.6 Å². The Bertz CT molecular complexity index is 770. The number of hydrogen-bond acceptors (Lipinski definition) is 3. The predicted molar refractivity (Wildman–Crippen MR) is 84.2 cm³/mol. The summed E-state index contributed by atoms with van der Waals surface area (Å²) in [6, 6.07) is 10.1. The van der Waals surface area contributed by atoms with Gasteiger partial charge in [0.05, 0.1) is 11.0 Å². The molecule has 1 atom stereocenters. The standard InChI is InChI=1S/C17H21N3O/c1-4-20-16-8-6-5-7-15(16)19-17(20)10-14(18)13-9-11(2)21-12(13)3/h5-9,14H,4,10,18H2,1-3H3.